The number of ether oxygens (including phenoxy) is 1. The number of nitrogens with one attached hydrogen (secondary N) is 1. The van der Waals surface area contributed by atoms with Crippen LogP contribution in [0.4, 0.5) is 0 Å². The molecule has 98 valence electrons. The molecule has 0 bridgehead atoms. The number of rotatable bonds is 5. The van der Waals surface area contributed by atoms with Crippen LogP contribution in [0.15, 0.2) is 24.3 Å². The zero-order chi connectivity index (χ0) is 13.2. The molecule has 0 unspecified atom stereocenters. The number of benzene rings is 1. The summed E-state index contributed by atoms with van der Waals surface area (Å²) in [6, 6.07) is 7.53. The molecular weight excluding hydrogens is 257 g/mol. The molecule has 0 saturated carbocycles. The lowest BCUT2D eigenvalue weighted by atomic mass is 10.2. The quantitative estimate of drug-likeness (QED) is 0.571. The summed E-state index contributed by atoms with van der Waals surface area (Å²) in [7, 11) is -4.41. The average Bonchev–Trinajstić information content (AvgIpc) is 2.62. The smallest absolute Gasteiger partial charge is 0.469 e. The lowest BCUT2D eigenvalue weighted by molar-refractivity contribution is 0.160. The molecule has 18 heavy (non-hydrogen) atoms. The molecule has 0 amide bonds. The Kier molecular flexibility index (Phi) is 3.73. The molecule has 3 N–H and O–H groups in total. The van der Waals surface area contributed by atoms with Gasteiger partial charge in [0.05, 0.1) is 6.61 Å². The predicted molar refractivity (Wildman–Crippen MR) is 66.5 cm³/mol. The molecule has 1 aromatic carbocycles. The summed E-state index contributed by atoms with van der Waals surface area (Å²) in [6.07, 6.45) is 0. The van der Waals surface area contributed by atoms with Crippen LogP contribution >= 0.6 is 7.82 Å². The van der Waals surface area contributed by atoms with Crippen LogP contribution in [0.2, 0.25) is 0 Å². The molecule has 0 aliphatic heterocycles. The van der Waals surface area contributed by atoms with Gasteiger partial charge in [-0.3, -0.25) is 4.52 Å². The first-order valence-electron chi connectivity index (χ1n) is 5.36. The van der Waals surface area contributed by atoms with Crippen LogP contribution in [0.25, 0.3) is 10.9 Å². The van der Waals surface area contributed by atoms with Gasteiger partial charge in [-0.25, -0.2) is 4.57 Å². The van der Waals surface area contributed by atoms with Gasteiger partial charge in [-0.1, -0.05) is 0 Å². The second-order valence-electron chi connectivity index (χ2n) is 3.87. The first-order valence-corrected chi connectivity index (χ1v) is 6.89. The topological polar surface area (TPSA) is 91.8 Å². The van der Waals surface area contributed by atoms with Gasteiger partial charge in [0.15, 0.2) is 0 Å². The zero-order valence-corrected chi connectivity index (χ0v) is 10.7. The van der Waals surface area contributed by atoms with E-state index < -0.39 is 7.82 Å². The van der Waals surface area contributed by atoms with E-state index in [0.29, 0.717) is 5.75 Å². The van der Waals surface area contributed by atoms with Gasteiger partial charge in [-0.15, -0.1) is 0 Å². The van der Waals surface area contributed by atoms with Gasteiger partial charge in [0, 0.05) is 16.6 Å². The standard InChI is InChI=1S/C11H14NO5P/c1-8-6-9-7-10(2-3-11(9)12-8)16-4-5-17-18(13,14)15/h2-3,6-7,12H,4-5H2,1H3,(H2,13,14,15). The summed E-state index contributed by atoms with van der Waals surface area (Å²) in [5, 5.41) is 1.03. The van der Waals surface area contributed by atoms with Gasteiger partial charge in [0.1, 0.15) is 12.4 Å². The minimum atomic E-state index is -4.41. The van der Waals surface area contributed by atoms with Gasteiger partial charge < -0.3 is 19.5 Å². The van der Waals surface area contributed by atoms with E-state index in [-0.39, 0.29) is 13.2 Å². The summed E-state index contributed by atoms with van der Waals surface area (Å²) >= 11 is 0. The monoisotopic (exact) mass is 271 g/mol. The van der Waals surface area contributed by atoms with E-state index in [9.17, 15) is 4.57 Å². The van der Waals surface area contributed by atoms with E-state index in [1.165, 1.54) is 0 Å². The van der Waals surface area contributed by atoms with Crippen molar-refractivity contribution in [2.24, 2.45) is 0 Å². The third-order valence-corrected chi connectivity index (χ3v) is 2.86. The third-order valence-electron chi connectivity index (χ3n) is 2.34. The molecule has 0 aliphatic rings. The Hall–Kier alpha value is -1.33. The average molecular weight is 271 g/mol. The van der Waals surface area contributed by atoms with E-state index in [1.807, 2.05) is 25.1 Å². The number of hydrogen-bond acceptors (Lipinski definition) is 3. The maximum atomic E-state index is 10.4. The Morgan fingerprint density at radius 1 is 1.28 bits per heavy atom. The van der Waals surface area contributed by atoms with Crippen molar-refractivity contribution in [2.45, 2.75) is 6.92 Å². The van der Waals surface area contributed by atoms with Crippen molar-refractivity contribution in [3.8, 4) is 5.75 Å². The van der Waals surface area contributed by atoms with Crippen LogP contribution in [0, 0.1) is 6.92 Å². The lowest BCUT2D eigenvalue weighted by Crippen LogP contribution is -2.05. The molecule has 0 aliphatic carbocycles. The molecular formula is C11H14NO5P. The van der Waals surface area contributed by atoms with E-state index in [0.717, 1.165) is 16.6 Å². The lowest BCUT2D eigenvalue weighted by Gasteiger charge is -2.07. The van der Waals surface area contributed by atoms with Gasteiger partial charge in [-0.05, 0) is 31.2 Å². The van der Waals surface area contributed by atoms with E-state index in [2.05, 4.69) is 9.51 Å². The number of hydrogen-bond donors (Lipinski definition) is 3. The molecule has 2 rings (SSSR count). The summed E-state index contributed by atoms with van der Waals surface area (Å²) < 4.78 is 20.0. The highest BCUT2D eigenvalue weighted by Crippen LogP contribution is 2.35. The normalized spacial score (nSPS) is 11.9. The molecule has 0 saturated heterocycles. The summed E-state index contributed by atoms with van der Waals surface area (Å²) in [5.74, 6) is 0.635. The fraction of sp³-hybridized carbons (Fsp3) is 0.273. The van der Waals surface area contributed by atoms with Gasteiger partial charge >= 0.3 is 7.82 Å². The molecule has 6 nitrogen and oxygen atoms in total. The van der Waals surface area contributed by atoms with Gasteiger partial charge in [0.2, 0.25) is 0 Å². The number of phosphoric ester groups is 1. The second kappa shape index (κ2) is 5.12. The summed E-state index contributed by atoms with van der Waals surface area (Å²) in [6.45, 7) is 1.89. The molecule has 2 aromatic rings. The maximum absolute atomic E-state index is 10.4. The SMILES string of the molecule is Cc1cc2cc(OCCOP(=O)(O)O)ccc2[nH]1. The van der Waals surface area contributed by atoms with Crippen molar-refractivity contribution in [3.05, 3.63) is 30.0 Å². The van der Waals surface area contributed by atoms with Crippen LogP contribution in [0.1, 0.15) is 5.69 Å². The van der Waals surface area contributed by atoms with Crippen LogP contribution in [-0.4, -0.2) is 28.0 Å². The van der Waals surface area contributed by atoms with Crippen LogP contribution < -0.4 is 4.74 Å². The highest BCUT2D eigenvalue weighted by atomic mass is 31.2. The number of aryl methyl sites for hydroxylation is 1. The molecule has 1 aromatic heterocycles. The zero-order valence-electron chi connectivity index (χ0n) is 9.79. The summed E-state index contributed by atoms with van der Waals surface area (Å²) in [5.41, 5.74) is 2.08. The number of phosphoric acid groups is 1. The Bertz CT molecular complexity index is 588. The van der Waals surface area contributed by atoms with Crippen molar-refractivity contribution in [2.75, 3.05) is 13.2 Å². The van der Waals surface area contributed by atoms with Crippen LogP contribution in [0.5, 0.6) is 5.75 Å². The molecule has 7 heteroatoms. The summed E-state index contributed by atoms with van der Waals surface area (Å²) in [4.78, 5) is 20.2. The van der Waals surface area contributed by atoms with Crippen molar-refractivity contribution in [1.82, 2.24) is 4.98 Å². The first-order chi connectivity index (χ1) is 8.44. The highest BCUT2D eigenvalue weighted by molar-refractivity contribution is 7.46. The molecule has 0 fully saturated rings. The van der Waals surface area contributed by atoms with E-state index in [1.54, 1.807) is 6.07 Å². The first kappa shape index (κ1) is 13.1. The van der Waals surface area contributed by atoms with E-state index in [4.69, 9.17) is 14.5 Å². The number of aromatic nitrogens is 1. The molecule has 0 spiro atoms. The van der Waals surface area contributed by atoms with Gasteiger partial charge in [0.25, 0.3) is 0 Å². The Balaban J connectivity index is 1.93. The Morgan fingerprint density at radius 3 is 2.78 bits per heavy atom. The number of fused-ring (bicyclic) bond motifs is 1. The van der Waals surface area contributed by atoms with E-state index >= 15 is 0 Å². The highest BCUT2D eigenvalue weighted by Gasteiger charge is 2.12. The molecule has 1 heterocycles. The third kappa shape index (κ3) is 3.58. The van der Waals surface area contributed by atoms with Crippen molar-refractivity contribution in [3.63, 3.8) is 0 Å². The minimum absolute atomic E-state index is 0.0834. The van der Waals surface area contributed by atoms with Crippen molar-refractivity contribution >= 4 is 18.7 Å². The molecule has 0 radical (unpaired) electrons. The fourth-order valence-corrected chi connectivity index (χ4v) is 1.97. The maximum Gasteiger partial charge on any atom is 0.469 e. The van der Waals surface area contributed by atoms with Crippen LogP contribution in [0.3, 0.4) is 0 Å². The Labute approximate surface area is 104 Å². The van der Waals surface area contributed by atoms with Crippen LogP contribution in [-0.2, 0) is 9.09 Å². The van der Waals surface area contributed by atoms with Gasteiger partial charge in [-0.2, -0.15) is 0 Å². The second-order valence-corrected chi connectivity index (χ2v) is 5.11. The number of H-pyrrole nitrogens is 1. The number of aromatic amines is 1. The fourth-order valence-electron chi connectivity index (χ4n) is 1.66. The Morgan fingerprint density at radius 2 is 2.06 bits per heavy atom. The minimum Gasteiger partial charge on any atom is -0.491 e. The van der Waals surface area contributed by atoms with Crippen molar-refractivity contribution in [1.29, 1.82) is 0 Å². The van der Waals surface area contributed by atoms with Crippen molar-refractivity contribution < 1.29 is 23.6 Å². The predicted octanol–water partition coefficient (Wildman–Crippen LogP) is 1.96. The largest absolute Gasteiger partial charge is 0.491 e. The molecule has 0 atom stereocenters.